The van der Waals surface area contributed by atoms with E-state index in [1.165, 1.54) is 77.0 Å². The van der Waals surface area contributed by atoms with E-state index < -0.39 is 12.5 Å². The SMILES string of the molecule is CCCCCCCCCCCCCCCN(C(O)CC)C(O)CC. The van der Waals surface area contributed by atoms with Crippen LogP contribution in [-0.2, 0) is 0 Å². The maximum Gasteiger partial charge on any atom is 0.109 e. The molecule has 0 heterocycles. The molecule has 0 spiro atoms. The molecule has 0 aliphatic heterocycles. The molecule has 0 radical (unpaired) electrons. The van der Waals surface area contributed by atoms with Gasteiger partial charge in [-0.1, -0.05) is 97.8 Å². The van der Waals surface area contributed by atoms with E-state index in [0.29, 0.717) is 12.8 Å². The van der Waals surface area contributed by atoms with Crippen molar-refractivity contribution in [3.8, 4) is 0 Å². The highest BCUT2D eigenvalue weighted by Gasteiger charge is 2.19. The van der Waals surface area contributed by atoms with Crippen LogP contribution in [0.25, 0.3) is 0 Å². The van der Waals surface area contributed by atoms with E-state index in [0.717, 1.165) is 13.0 Å². The third kappa shape index (κ3) is 13.2. The van der Waals surface area contributed by atoms with Crippen molar-refractivity contribution in [2.24, 2.45) is 0 Å². The third-order valence-electron chi connectivity index (χ3n) is 5.02. The average Bonchev–Trinajstić information content (AvgIpc) is 2.61. The highest BCUT2D eigenvalue weighted by molar-refractivity contribution is 4.64. The normalized spacial score (nSPS) is 14.2. The summed E-state index contributed by atoms with van der Waals surface area (Å²) in [6, 6.07) is 0. The van der Waals surface area contributed by atoms with Crippen LogP contribution in [-0.4, -0.2) is 34.1 Å². The van der Waals surface area contributed by atoms with Gasteiger partial charge >= 0.3 is 0 Å². The summed E-state index contributed by atoms with van der Waals surface area (Å²) in [4.78, 5) is 1.85. The van der Waals surface area contributed by atoms with E-state index in [2.05, 4.69) is 6.92 Å². The van der Waals surface area contributed by atoms with E-state index in [1.54, 1.807) is 0 Å². The second-order valence-electron chi connectivity index (χ2n) is 7.26. The van der Waals surface area contributed by atoms with Crippen molar-refractivity contribution in [1.29, 1.82) is 0 Å². The number of aliphatic hydroxyl groups is 2. The Balaban J connectivity index is 3.43. The first-order chi connectivity index (χ1) is 11.7. The van der Waals surface area contributed by atoms with Crippen molar-refractivity contribution in [2.75, 3.05) is 6.54 Å². The molecule has 0 rings (SSSR count). The van der Waals surface area contributed by atoms with Crippen LogP contribution in [0.5, 0.6) is 0 Å². The fourth-order valence-electron chi connectivity index (χ4n) is 3.28. The van der Waals surface area contributed by atoms with E-state index in [4.69, 9.17) is 0 Å². The Kier molecular flexibility index (Phi) is 17.6. The van der Waals surface area contributed by atoms with Crippen molar-refractivity contribution < 1.29 is 10.2 Å². The Labute approximate surface area is 151 Å². The number of nitrogens with zero attached hydrogens (tertiary/aromatic N) is 1. The molecule has 0 bridgehead atoms. The predicted octanol–water partition coefficient (Wildman–Crippen LogP) is 5.84. The molecule has 0 aromatic heterocycles. The van der Waals surface area contributed by atoms with Crippen LogP contribution < -0.4 is 0 Å². The zero-order valence-electron chi connectivity index (χ0n) is 16.8. The van der Waals surface area contributed by atoms with Crippen LogP contribution in [0.4, 0.5) is 0 Å². The Bertz CT molecular complexity index is 238. The molecule has 2 unspecified atom stereocenters. The van der Waals surface area contributed by atoms with Gasteiger partial charge in [-0.3, -0.25) is 4.90 Å². The lowest BCUT2D eigenvalue weighted by Gasteiger charge is -2.31. The third-order valence-corrected chi connectivity index (χ3v) is 5.02. The molecule has 0 amide bonds. The van der Waals surface area contributed by atoms with Crippen molar-refractivity contribution in [3.05, 3.63) is 0 Å². The second-order valence-corrected chi connectivity index (χ2v) is 7.26. The summed E-state index contributed by atoms with van der Waals surface area (Å²) in [5.41, 5.74) is 0. The van der Waals surface area contributed by atoms with Crippen LogP contribution in [0.1, 0.15) is 117 Å². The molecule has 0 aromatic rings. The predicted molar refractivity (Wildman–Crippen MR) is 105 cm³/mol. The van der Waals surface area contributed by atoms with E-state index in [9.17, 15) is 10.2 Å². The first-order valence-corrected chi connectivity index (χ1v) is 10.8. The molecule has 0 saturated carbocycles. The minimum Gasteiger partial charge on any atom is -0.378 e. The van der Waals surface area contributed by atoms with Gasteiger partial charge in [0.2, 0.25) is 0 Å². The molecule has 0 aliphatic rings. The fourth-order valence-corrected chi connectivity index (χ4v) is 3.28. The highest BCUT2D eigenvalue weighted by atomic mass is 16.3. The lowest BCUT2D eigenvalue weighted by atomic mass is 10.0. The molecule has 0 aromatic carbocycles. The maximum atomic E-state index is 9.98. The number of aliphatic hydroxyl groups excluding tert-OH is 2. The first-order valence-electron chi connectivity index (χ1n) is 10.8. The topological polar surface area (TPSA) is 43.7 Å². The van der Waals surface area contributed by atoms with Crippen molar-refractivity contribution >= 4 is 0 Å². The van der Waals surface area contributed by atoms with Gasteiger partial charge in [0, 0.05) is 6.54 Å². The molecule has 0 saturated heterocycles. The highest BCUT2D eigenvalue weighted by Crippen LogP contribution is 2.14. The van der Waals surface area contributed by atoms with E-state index in [1.807, 2.05) is 18.7 Å². The van der Waals surface area contributed by atoms with Gasteiger partial charge in [-0.25, -0.2) is 0 Å². The summed E-state index contributed by atoms with van der Waals surface area (Å²) in [6.07, 6.45) is 17.9. The van der Waals surface area contributed by atoms with Gasteiger partial charge in [-0.15, -0.1) is 0 Å². The summed E-state index contributed by atoms with van der Waals surface area (Å²) < 4.78 is 0. The largest absolute Gasteiger partial charge is 0.378 e. The van der Waals surface area contributed by atoms with Gasteiger partial charge < -0.3 is 10.2 Å². The monoisotopic (exact) mass is 343 g/mol. The minimum absolute atomic E-state index is 0.503. The lowest BCUT2D eigenvalue weighted by Crippen LogP contribution is -2.43. The smallest absolute Gasteiger partial charge is 0.109 e. The summed E-state index contributed by atoms with van der Waals surface area (Å²) >= 11 is 0. The van der Waals surface area contributed by atoms with Crippen LogP contribution in [0, 0.1) is 0 Å². The lowest BCUT2D eigenvalue weighted by molar-refractivity contribution is -0.104. The summed E-state index contributed by atoms with van der Waals surface area (Å²) in [7, 11) is 0. The quantitative estimate of drug-likeness (QED) is 0.243. The van der Waals surface area contributed by atoms with Crippen LogP contribution >= 0.6 is 0 Å². The van der Waals surface area contributed by atoms with Crippen LogP contribution in [0.2, 0.25) is 0 Å². The van der Waals surface area contributed by atoms with Gasteiger partial charge in [-0.05, 0) is 19.3 Å². The van der Waals surface area contributed by atoms with Gasteiger partial charge in [0.05, 0.1) is 0 Å². The Hall–Kier alpha value is -0.120. The Morgan fingerprint density at radius 2 is 0.875 bits per heavy atom. The summed E-state index contributed by atoms with van der Waals surface area (Å²) in [5.74, 6) is 0. The zero-order chi connectivity index (χ0) is 18.0. The average molecular weight is 344 g/mol. The minimum atomic E-state index is -0.503. The summed E-state index contributed by atoms with van der Waals surface area (Å²) in [6.45, 7) is 7.00. The molecule has 146 valence electrons. The van der Waals surface area contributed by atoms with Crippen LogP contribution in [0.3, 0.4) is 0 Å². The zero-order valence-corrected chi connectivity index (χ0v) is 16.8. The molecule has 0 aliphatic carbocycles. The molecular weight excluding hydrogens is 298 g/mol. The Morgan fingerprint density at radius 3 is 1.21 bits per heavy atom. The van der Waals surface area contributed by atoms with Crippen LogP contribution in [0.15, 0.2) is 0 Å². The van der Waals surface area contributed by atoms with Crippen molar-refractivity contribution in [1.82, 2.24) is 4.90 Å². The fraction of sp³-hybridized carbons (Fsp3) is 1.00. The van der Waals surface area contributed by atoms with E-state index in [-0.39, 0.29) is 0 Å². The van der Waals surface area contributed by atoms with Gasteiger partial charge in [-0.2, -0.15) is 0 Å². The number of unbranched alkanes of at least 4 members (excludes halogenated alkanes) is 12. The molecule has 3 nitrogen and oxygen atoms in total. The molecular formula is C21H45NO2. The van der Waals surface area contributed by atoms with E-state index >= 15 is 0 Å². The Morgan fingerprint density at radius 1 is 0.542 bits per heavy atom. The summed E-state index contributed by atoms with van der Waals surface area (Å²) in [5, 5.41) is 20.0. The standard InChI is InChI=1S/C21H45NO2/c1-4-7-8-9-10-11-12-13-14-15-16-17-18-19-22(20(23)5-2)21(24)6-3/h20-21,23-24H,4-19H2,1-3H3. The van der Waals surface area contributed by atoms with Crippen molar-refractivity contribution in [2.45, 2.75) is 130 Å². The van der Waals surface area contributed by atoms with Gasteiger partial charge in [0.25, 0.3) is 0 Å². The molecule has 3 heteroatoms. The first kappa shape index (κ1) is 23.9. The molecule has 24 heavy (non-hydrogen) atoms. The molecule has 0 fully saturated rings. The number of rotatable bonds is 18. The van der Waals surface area contributed by atoms with Gasteiger partial charge in [0.1, 0.15) is 12.5 Å². The van der Waals surface area contributed by atoms with Gasteiger partial charge in [0.15, 0.2) is 0 Å². The van der Waals surface area contributed by atoms with Crippen molar-refractivity contribution in [3.63, 3.8) is 0 Å². The molecule has 2 N–H and O–H groups in total. The second kappa shape index (κ2) is 17.7. The molecule has 2 atom stereocenters. The number of hydrogen-bond acceptors (Lipinski definition) is 3. The number of hydrogen-bond donors (Lipinski definition) is 2. The maximum absolute atomic E-state index is 9.98.